The van der Waals surface area contributed by atoms with Crippen molar-refractivity contribution in [2.75, 3.05) is 26.3 Å². The van der Waals surface area contributed by atoms with Crippen LogP contribution in [-0.4, -0.2) is 53.6 Å². The zero-order valence-corrected chi connectivity index (χ0v) is 18.4. The van der Waals surface area contributed by atoms with Gasteiger partial charge in [-0.15, -0.1) is 0 Å². The maximum atomic E-state index is 12.6. The van der Waals surface area contributed by atoms with Gasteiger partial charge >= 0.3 is 11.9 Å². The van der Waals surface area contributed by atoms with Crippen molar-refractivity contribution in [3.8, 4) is 0 Å². The summed E-state index contributed by atoms with van der Waals surface area (Å²) in [5.74, 6) is -1.11. The van der Waals surface area contributed by atoms with Gasteiger partial charge in [0.1, 0.15) is 0 Å². The highest BCUT2D eigenvalue weighted by molar-refractivity contribution is 5.92. The molecule has 0 spiro atoms. The fourth-order valence-electron chi connectivity index (χ4n) is 3.94. The van der Waals surface area contributed by atoms with Gasteiger partial charge in [-0.05, 0) is 45.2 Å². The number of likely N-dealkylation sites (tertiary alicyclic amines) is 1. The highest BCUT2D eigenvalue weighted by atomic mass is 16.5. The molecule has 7 heteroatoms. The number of amides is 1. The molecule has 0 unspecified atom stereocenters. The average Bonchev–Trinajstić information content (AvgIpc) is 3.06. The van der Waals surface area contributed by atoms with E-state index >= 15 is 0 Å². The first-order valence-corrected chi connectivity index (χ1v) is 10.7. The van der Waals surface area contributed by atoms with E-state index in [0.717, 1.165) is 17.0 Å². The molecule has 31 heavy (non-hydrogen) atoms. The van der Waals surface area contributed by atoms with Crippen molar-refractivity contribution < 1.29 is 23.9 Å². The van der Waals surface area contributed by atoms with Crippen LogP contribution in [0.4, 0.5) is 0 Å². The van der Waals surface area contributed by atoms with E-state index in [0.29, 0.717) is 44.6 Å². The second-order valence-corrected chi connectivity index (χ2v) is 7.84. The van der Waals surface area contributed by atoms with E-state index in [2.05, 4.69) is 4.57 Å². The highest BCUT2D eigenvalue weighted by Crippen LogP contribution is 2.20. The van der Waals surface area contributed by atoms with Crippen LogP contribution in [0.5, 0.6) is 0 Å². The molecule has 166 valence electrons. The molecule has 2 aromatic rings. The molecule has 0 bridgehead atoms. The second kappa shape index (κ2) is 10.3. The Morgan fingerprint density at radius 3 is 2.35 bits per heavy atom. The SMILES string of the molecule is CCOC(=O)C1CCN(C(=O)COC(=O)c2cc(C)n(Cc3ccccc3)c2C)CC1. The molecular weight excluding hydrogens is 396 g/mol. The van der Waals surface area contributed by atoms with Gasteiger partial charge in [-0.2, -0.15) is 0 Å². The van der Waals surface area contributed by atoms with Gasteiger partial charge in [-0.3, -0.25) is 9.59 Å². The first kappa shape index (κ1) is 22.6. The lowest BCUT2D eigenvalue weighted by Crippen LogP contribution is -2.42. The first-order chi connectivity index (χ1) is 14.9. The van der Waals surface area contributed by atoms with Crippen molar-refractivity contribution in [2.45, 2.75) is 40.2 Å². The Morgan fingerprint density at radius 1 is 1.03 bits per heavy atom. The van der Waals surface area contributed by atoms with Crippen LogP contribution in [0.3, 0.4) is 0 Å². The van der Waals surface area contributed by atoms with Crippen molar-refractivity contribution in [2.24, 2.45) is 5.92 Å². The predicted molar refractivity (Wildman–Crippen MR) is 116 cm³/mol. The quantitative estimate of drug-likeness (QED) is 0.636. The summed E-state index contributed by atoms with van der Waals surface area (Å²) in [6, 6.07) is 11.8. The summed E-state index contributed by atoms with van der Waals surface area (Å²) < 4.78 is 12.4. The van der Waals surface area contributed by atoms with Crippen molar-refractivity contribution >= 4 is 17.8 Å². The molecule has 1 fully saturated rings. The predicted octanol–water partition coefficient (Wildman–Crippen LogP) is 3.11. The molecule has 0 atom stereocenters. The van der Waals surface area contributed by atoms with Crippen LogP contribution in [0.15, 0.2) is 36.4 Å². The van der Waals surface area contributed by atoms with Crippen molar-refractivity contribution in [3.63, 3.8) is 0 Å². The van der Waals surface area contributed by atoms with Crippen LogP contribution in [0.25, 0.3) is 0 Å². The average molecular weight is 427 g/mol. The molecule has 7 nitrogen and oxygen atoms in total. The Kier molecular flexibility index (Phi) is 7.50. The number of rotatable bonds is 7. The Hall–Kier alpha value is -3.09. The standard InChI is InChI=1S/C24H30N2O5/c1-4-30-23(28)20-10-12-25(13-11-20)22(27)16-31-24(29)21-14-17(2)26(18(21)3)15-19-8-6-5-7-9-19/h5-9,14,20H,4,10-13,15-16H2,1-3H3. The van der Waals surface area contributed by atoms with Gasteiger partial charge < -0.3 is 18.9 Å². The number of piperidine rings is 1. The number of aromatic nitrogens is 1. The van der Waals surface area contributed by atoms with Gasteiger partial charge in [0, 0.05) is 31.0 Å². The fourth-order valence-corrected chi connectivity index (χ4v) is 3.94. The number of carbonyl (C=O) groups is 3. The number of carbonyl (C=O) groups excluding carboxylic acids is 3. The zero-order valence-electron chi connectivity index (χ0n) is 18.4. The highest BCUT2D eigenvalue weighted by Gasteiger charge is 2.29. The minimum absolute atomic E-state index is 0.165. The summed E-state index contributed by atoms with van der Waals surface area (Å²) in [6.07, 6.45) is 1.14. The van der Waals surface area contributed by atoms with E-state index in [9.17, 15) is 14.4 Å². The Labute approximate surface area is 182 Å². The number of hydrogen-bond acceptors (Lipinski definition) is 5. The van der Waals surface area contributed by atoms with Gasteiger partial charge in [-0.1, -0.05) is 30.3 Å². The molecule has 1 saturated heterocycles. The van der Waals surface area contributed by atoms with E-state index in [1.807, 2.05) is 44.2 Å². The van der Waals surface area contributed by atoms with Crippen LogP contribution < -0.4 is 0 Å². The van der Waals surface area contributed by atoms with Gasteiger partial charge in [0.2, 0.25) is 0 Å². The van der Waals surface area contributed by atoms with Gasteiger partial charge in [0.15, 0.2) is 6.61 Å². The minimum Gasteiger partial charge on any atom is -0.466 e. The molecule has 3 rings (SSSR count). The van der Waals surface area contributed by atoms with Gasteiger partial charge in [0.05, 0.1) is 18.1 Å². The van der Waals surface area contributed by atoms with E-state index in [1.54, 1.807) is 17.9 Å². The third-order valence-electron chi connectivity index (χ3n) is 5.77. The number of nitrogens with zero attached hydrogens (tertiary/aromatic N) is 2. The first-order valence-electron chi connectivity index (χ1n) is 10.7. The largest absolute Gasteiger partial charge is 0.466 e. The Morgan fingerprint density at radius 2 is 1.71 bits per heavy atom. The number of aryl methyl sites for hydroxylation is 1. The smallest absolute Gasteiger partial charge is 0.340 e. The monoisotopic (exact) mass is 426 g/mol. The molecule has 1 aromatic carbocycles. The van der Waals surface area contributed by atoms with Gasteiger partial charge in [-0.25, -0.2) is 4.79 Å². The molecule has 0 N–H and O–H groups in total. The molecule has 2 heterocycles. The maximum absolute atomic E-state index is 12.6. The summed E-state index contributed by atoms with van der Waals surface area (Å²) in [5.41, 5.74) is 3.39. The number of hydrogen-bond donors (Lipinski definition) is 0. The molecule has 1 aromatic heterocycles. The fraction of sp³-hybridized carbons (Fsp3) is 0.458. The lowest BCUT2D eigenvalue weighted by Gasteiger charge is -2.30. The van der Waals surface area contributed by atoms with Crippen LogP contribution in [0.1, 0.15) is 47.1 Å². The number of esters is 2. The molecular formula is C24H30N2O5. The number of ether oxygens (including phenoxy) is 2. The van der Waals surface area contributed by atoms with E-state index in [-0.39, 0.29) is 24.4 Å². The maximum Gasteiger partial charge on any atom is 0.340 e. The van der Waals surface area contributed by atoms with E-state index < -0.39 is 5.97 Å². The van der Waals surface area contributed by atoms with Crippen molar-refractivity contribution in [1.29, 1.82) is 0 Å². The second-order valence-electron chi connectivity index (χ2n) is 7.84. The van der Waals surface area contributed by atoms with Crippen LogP contribution in [-0.2, 0) is 25.6 Å². The van der Waals surface area contributed by atoms with Crippen LogP contribution >= 0.6 is 0 Å². The molecule has 0 saturated carbocycles. The van der Waals surface area contributed by atoms with Crippen LogP contribution in [0, 0.1) is 19.8 Å². The van der Waals surface area contributed by atoms with E-state index in [1.165, 1.54) is 0 Å². The molecule has 1 aliphatic rings. The molecule has 1 aliphatic heterocycles. The zero-order chi connectivity index (χ0) is 22.4. The summed E-state index contributed by atoms with van der Waals surface area (Å²) in [7, 11) is 0. The van der Waals surface area contributed by atoms with Gasteiger partial charge in [0.25, 0.3) is 5.91 Å². The third kappa shape index (κ3) is 5.54. The van der Waals surface area contributed by atoms with E-state index in [4.69, 9.17) is 9.47 Å². The summed E-state index contributed by atoms with van der Waals surface area (Å²) in [5, 5.41) is 0. The lowest BCUT2D eigenvalue weighted by atomic mass is 9.97. The van der Waals surface area contributed by atoms with Crippen molar-refractivity contribution in [3.05, 3.63) is 58.9 Å². The summed E-state index contributed by atoms with van der Waals surface area (Å²) in [6.45, 7) is 7.27. The molecule has 1 amide bonds. The minimum atomic E-state index is -0.498. The third-order valence-corrected chi connectivity index (χ3v) is 5.77. The molecule has 0 radical (unpaired) electrons. The Balaban J connectivity index is 1.53. The normalized spacial score (nSPS) is 14.4. The summed E-state index contributed by atoms with van der Waals surface area (Å²) in [4.78, 5) is 38.5. The topological polar surface area (TPSA) is 77.8 Å². The summed E-state index contributed by atoms with van der Waals surface area (Å²) >= 11 is 0. The number of benzene rings is 1. The Bertz CT molecular complexity index is 927. The molecule has 0 aliphatic carbocycles. The van der Waals surface area contributed by atoms with Crippen molar-refractivity contribution in [1.82, 2.24) is 9.47 Å². The van der Waals surface area contributed by atoms with Crippen LogP contribution in [0.2, 0.25) is 0 Å². The lowest BCUT2D eigenvalue weighted by molar-refractivity contribution is -0.151.